The summed E-state index contributed by atoms with van der Waals surface area (Å²) in [5.74, 6) is -0.568. The summed E-state index contributed by atoms with van der Waals surface area (Å²) in [6.45, 7) is 3.48. The number of benzene rings is 1. The second-order valence-corrected chi connectivity index (χ2v) is 3.88. The maximum Gasteiger partial charge on any atom is 0.417 e. The molecule has 0 bridgehead atoms. The number of hydrogen-bond acceptors (Lipinski definition) is 4. The number of rotatable bonds is 5. The predicted octanol–water partition coefficient (Wildman–Crippen LogP) is 1.06. The zero-order chi connectivity index (χ0) is 13.0. The minimum absolute atomic E-state index is 0.0684. The molecule has 0 saturated carbocycles. The Morgan fingerprint density at radius 2 is 2.28 bits per heavy atom. The van der Waals surface area contributed by atoms with Crippen molar-refractivity contribution in [3.05, 3.63) is 28.7 Å². The number of oxazole rings is 1. The van der Waals surface area contributed by atoms with Crippen LogP contribution in [-0.4, -0.2) is 24.0 Å². The van der Waals surface area contributed by atoms with Crippen molar-refractivity contribution >= 4 is 22.7 Å². The zero-order valence-corrected chi connectivity index (χ0v) is 10.1. The molecule has 6 nitrogen and oxygen atoms in total. The third kappa shape index (κ3) is 2.98. The Morgan fingerprint density at radius 1 is 1.44 bits per heavy atom. The zero-order valence-electron chi connectivity index (χ0n) is 10.1. The molecule has 2 rings (SSSR count). The second-order valence-electron chi connectivity index (χ2n) is 3.88. The quantitative estimate of drug-likeness (QED) is 0.691. The van der Waals surface area contributed by atoms with Gasteiger partial charge in [0.05, 0.1) is 5.52 Å². The number of hydrogen-bond donors (Lipinski definition) is 3. The average molecular weight is 249 g/mol. The number of nitrogens with one attached hydrogen (secondary N) is 3. The Kier molecular flexibility index (Phi) is 3.78. The van der Waals surface area contributed by atoms with Crippen LogP contribution in [0.3, 0.4) is 0 Å². The summed E-state index contributed by atoms with van der Waals surface area (Å²) in [6.07, 6.45) is 0.410. The fourth-order valence-corrected chi connectivity index (χ4v) is 1.63. The number of fused-ring (bicyclic) bond motifs is 1. The molecule has 0 aliphatic carbocycles. The minimum atomic E-state index is -0.499. The summed E-state index contributed by atoms with van der Waals surface area (Å²) in [6, 6.07) is 5.02. The molecule has 0 saturated heterocycles. The van der Waals surface area contributed by atoms with Crippen molar-refractivity contribution in [1.29, 1.82) is 0 Å². The van der Waals surface area contributed by atoms with E-state index in [4.69, 9.17) is 4.42 Å². The first kappa shape index (κ1) is 12.4. The minimum Gasteiger partial charge on any atom is -0.408 e. The molecule has 1 aromatic carbocycles. The topological polar surface area (TPSA) is 87.1 Å². The van der Waals surface area contributed by atoms with Gasteiger partial charge < -0.3 is 15.1 Å². The molecule has 0 spiro atoms. The van der Waals surface area contributed by atoms with Gasteiger partial charge in [0, 0.05) is 18.7 Å². The van der Waals surface area contributed by atoms with Crippen molar-refractivity contribution in [3.63, 3.8) is 0 Å². The molecule has 1 aromatic heterocycles. The van der Waals surface area contributed by atoms with Crippen LogP contribution in [0.25, 0.3) is 11.1 Å². The van der Waals surface area contributed by atoms with Crippen LogP contribution in [0.4, 0.5) is 5.69 Å². The fourth-order valence-electron chi connectivity index (χ4n) is 1.63. The van der Waals surface area contributed by atoms with Crippen LogP contribution in [-0.2, 0) is 4.79 Å². The van der Waals surface area contributed by atoms with Crippen LogP contribution < -0.4 is 16.4 Å². The fraction of sp³-hybridized carbons (Fsp3) is 0.333. The van der Waals surface area contributed by atoms with E-state index in [0.29, 0.717) is 29.8 Å². The van der Waals surface area contributed by atoms with E-state index in [1.54, 1.807) is 18.2 Å². The molecule has 2 aromatic rings. The highest BCUT2D eigenvalue weighted by Gasteiger charge is 2.05. The van der Waals surface area contributed by atoms with Gasteiger partial charge in [0.1, 0.15) is 0 Å². The summed E-state index contributed by atoms with van der Waals surface area (Å²) in [7, 11) is 0. The van der Waals surface area contributed by atoms with E-state index in [2.05, 4.69) is 15.6 Å². The van der Waals surface area contributed by atoms with Gasteiger partial charge in [-0.15, -0.1) is 0 Å². The maximum absolute atomic E-state index is 11.6. The van der Waals surface area contributed by atoms with Crippen molar-refractivity contribution in [2.45, 2.75) is 13.3 Å². The molecule has 3 N–H and O–H groups in total. The normalized spacial score (nSPS) is 10.7. The van der Waals surface area contributed by atoms with Crippen LogP contribution in [0.5, 0.6) is 0 Å². The molecule has 6 heteroatoms. The smallest absolute Gasteiger partial charge is 0.408 e. The summed E-state index contributed by atoms with van der Waals surface area (Å²) >= 11 is 0. The van der Waals surface area contributed by atoms with Crippen molar-refractivity contribution in [2.75, 3.05) is 18.4 Å². The molecule has 96 valence electrons. The number of carbonyl (C=O) groups is 1. The molecule has 0 radical (unpaired) electrons. The van der Waals surface area contributed by atoms with E-state index in [9.17, 15) is 9.59 Å². The number of carbonyl (C=O) groups excluding carboxylic acids is 1. The lowest BCUT2D eigenvalue weighted by Crippen LogP contribution is -2.21. The van der Waals surface area contributed by atoms with Gasteiger partial charge >= 0.3 is 5.76 Å². The third-order valence-electron chi connectivity index (χ3n) is 2.48. The van der Waals surface area contributed by atoms with Gasteiger partial charge in [-0.2, -0.15) is 0 Å². The van der Waals surface area contributed by atoms with Crippen molar-refractivity contribution in [1.82, 2.24) is 10.3 Å². The molecule has 0 unspecified atom stereocenters. The lowest BCUT2D eigenvalue weighted by molar-refractivity contribution is -0.116. The first-order chi connectivity index (χ1) is 8.69. The molecule has 1 amide bonds. The number of H-pyrrole nitrogens is 1. The van der Waals surface area contributed by atoms with E-state index in [1.807, 2.05) is 6.92 Å². The largest absolute Gasteiger partial charge is 0.417 e. The Hall–Kier alpha value is -2.08. The van der Waals surface area contributed by atoms with Gasteiger partial charge in [0.15, 0.2) is 5.58 Å². The highest BCUT2D eigenvalue weighted by molar-refractivity contribution is 5.92. The standard InChI is InChI=1S/C12H15N3O3/c1-2-13-6-5-11(16)14-8-3-4-10-9(7-8)15-12(17)18-10/h3-4,7,13H,2,5-6H2,1H3,(H,14,16)(H,15,17). The van der Waals surface area contributed by atoms with Crippen LogP contribution in [0.1, 0.15) is 13.3 Å². The van der Waals surface area contributed by atoms with Gasteiger partial charge in [-0.25, -0.2) is 4.79 Å². The van der Waals surface area contributed by atoms with Gasteiger partial charge in [-0.1, -0.05) is 6.92 Å². The Morgan fingerprint density at radius 3 is 3.06 bits per heavy atom. The van der Waals surface area contributed by atoms with E-state index in [-0.39, 0.29) is 5.91 Å². The molecule has 0 atom stereocenters. The monoisotopic (exact) mass is 249 g/mol. The highest BCUT2D eigenvalue weighted by atomic mass is 16.4. The SMILES string of the molecule is CCNCCC(=O)Nc1ccc2oc(=O)[nH]c2c1. The van der Waals surface area contributed by atoms with Gasteiger partial charge in [-0.05, 0) is 24.7 Å². The predicted molar refractivity (Wildman–Crippen MR) is 68.6 cm³/mol. The van der Waals surface area contributed by atoms with Crippen molar-refractivity contribution in [2.24, 2.45) is 0 Å². The lowest BCUT2D eigenvalue weighted by atomic mass is 10.2. The first-order valence-electron chi connectivity index (χ1n) is 5.82. The number of aromatic amines is 1. The van der Waals surface area contributed by atoms with Gasteiger partial charge in [-0.3, -0.25) is 9.78 Å². The van der Waals surface area contributed by atoms with Crippen LogP contribution in [0.2, 0.25) is 0 Å². The summed E-state index contributed by atoms with van der Waals surface area (Å²) in [5, 5.41) is 5.83. The van der Waals surface area contributed by atoms with Crippen LogP contribution in [0.15, 0.2) is 27.4 Å². The van der Waals surface area contributed by atoms with E-state index < -0.39 is 5.76 Å². The molecule has 0 aliphatic rings. The molecule has 1 heterocycles. The highest BCUT2D eigenvalue weighted by Crippen LogP contribution is 2.16. The molecular formula is C12H15N3O3. The van der Waals surface area contributed by atoms with Crippen LogP contribution >= 0.6 is 0 Å². The molecule has 18 heavy (non-hydrogen) atoms. The Bertz CT molecular complexity index is 600. The number of amides is 1. The molecule has 0 fully saturated rings. The third-order valence-corrected chi connectivity index (χ3v) is 2.48. The molecular weight excluding hydrogens is 234 g/mol. The second kappa shape index (κ2) is 5.50. The van der Waals surface area contributed by atoms with Gasteiger partial charge in [0.2, 0.25) is 5.91 Å². The van der Waals surface area contributed by atoms with Gasteiger partial charge in [0.25, 0.3) is 0 Å². The van der Waals surface area contributed by atoms with Crippen LogP contribution in [0, 0.1) is 0 Å². The van der Waals surface area contributed by atoms with E-state index in [0.717, 1.165) is 6.54 Å². The Labute approximate surface area is 103 Å². The summed E-state index contributed by atoms with van der Waals surface area (Å²) in [5.41, 5.74) is 1.69. The number of anilines is 1. The molecule has 0 aliphatic heterocycles. The number of aromatic nitrogens is 1. The van der Waals surface area contributed by atoms with Crippen molar-refractivity contribution < 1.29 is 9.21 Å². The van der Waals surface area contributed by atoms with E-state index >= 15 is 0 Å². The first-order valence-corrected chi connectivity index (χ1v) is 5.82. The van der Waals surface area contributed by atoms with E-state index in [1.165, 1.54) is 0 Å². The van der Waals surface area contributed by atoms with Crippen molar-refractivity contribution in [3.8, 4) is 0 Å². The summed E-state index contributed by atoms with van der Waals surface area (Å²) in [4.78, 5) is 25.1. The average Bonchev–Trinajstić information content (AvgIpc) is 2.69. The Balaban J connectivity index is 2.02. The maximum atomic E-state index is 11.6. The summed E-state index contributed by atoms with van der Waals surface area (Å²) < 4.78 is 4.87. The lowest BCUT2D eigenvalue weighted by Gasteiger charge is -2.05.